The van der Waals surface area contributed by atoms with E-state index in [1.165, 1.54) is 12.1 Å². The van der Waals surface area contributed by atoms with E-state index in [4.69, 9.17) is 14.2 Å². The normalized spacial score (nSPS) is 15.7. The van der Waals surface area contributed by atoms with Gasteiger partial charge in [0.25, 0.3) is 0 Å². The highest BCUT2D eigenvalue weighted by Crippen LogP contribution is 2.37. The summed E-state index contributed by atoms with van der Waals surface area (Å²) in [5.74, 6) is 1.05. The second kappa shape index (κ2) is 8.61. The van der Waals surface area contributed by atoms with Crippen LogP contribution in [-0.2, 0) is 21.5 Å². The molecule has 0 N–H and O–H groups in total. The Morgan fingerprint density at radius 2 is 1.79 bits per heavy atom. The molecule has 0 bridgehead atoms. The molecule has 0 spiro atoms. The molecular formula is C22H26FNO4. The highest BCUT2D eigenvalue weighted by Gasteiger charge is 2.43. The zero-order chi connectivity index (χ0) is 20.1. The molecule has 0 saturated carbocycles. The number of methoxy groups -OCH3 is 2. The number of hydrogen-bond donors (Lipinski definition) is 0. The minimum Gasteiger partial charge on any atom is -0.497 e. The molecule has 0 atom stereocenters. The van der Waals surface area contributed by atoms with Gasteiger partial charge in [0.15, 0.2) is 0 Å². The van der Waals surface area contributed by atoms with Gasteiger partial charge in [0, 0.05) is 38.4 Å². The minimum atomic E-state index is -0.708. The van der Waals surface area contributed by atoms with Crippen LogP contribution >= 0.6 is 0 Å². The van der Waals surface area contributed by atoms with E-state index in [0.29, 0.717) is 44.1 Å². The summed E-state index contributed by atoms with van der Waals surface area (Å²) in [5.41, 5.74) is 1.01. The summed E-state index contributed by atoms with van der Waals surface area (Å²) < 4.78 is 29.6. The summed E-state index contributed by atoms with van der Waals surface area (Å²) in [6.45, 7) is 1.40. The zero-order valence-electron chi connectivity index (χ0n) is 16.5. The fourth-order valence-corrected chi connectivity index (χ4v) is 3.79. The second-order valence-corrected chi connectivity index (χ2v) is 7.04. The summed E-state index contributed by atoms with van der Waals surface area (Å²) in [7, 11) is 4.98. The van der Waals surface area contributed by atoms with E-state index in [1.54, 1.807) is 44.4 Å². The van der Waals surface area contributed by atoms with Gasteiger partial charge in [-0.3, -0.25) is 4.79 Å². The molecule has 1 heterocycles. The van der Waals surface area contributed by atoms with E-state index >= 15 is 0 Å². The molecule has 0 aliphatic carbocycles. The van der Waals surface area contributed by atoms with E-state index in [1.807, 2.05) is 12.1 Å². The topological polar surface area (TPSA) is 48.0 Å². The van der Waals surface area contributed by atoms with Crippen molar-refractivity contribution < 1.29 is 23.4 Å². The maximum atomic E-state index is 13.5. The second-order valence-electron chi connectivity index (χ2n) is 7.04. The highest BCUT2D eigenvalue weighted by atomic mass is 19.1. The van der Waals surface area contributed by atoms with Gasteiger partial charge in [-0.15, -0.1) is 0 Å². The molecule has 150 valence electrons. The number of hydrogen-bond acceptors (Lipinski definition) is 4. The molecule has 2 aromatic rings. The van der Waals surface area contributed by atoms with Crippen LogP contribution in [0.4, 0.5) is 4.39 Å². The lowest BCUT2D eigenvalue weighted by Crippen LogP contribution is -2.48. The van der Waals surface area contributed by atoms with Crippen molar-refractivity contribution in [1.82, 2.24) is 4.90 Å². The van der Waals surface area contributed by atoms with Crippen LogP contribution in [0.1, 0.15) is 24.0 Å². The number of carbonyl (C=O) groups is 1. The Hall–Kier alpha value is -2.60. The molecule has 1 saturated heterocycles. The first-order valence-electron chi connectivity index (χ1n) is 9.30. The minimum absolute atomic E-state index is 0.000259. The number of halogens is 1. The first-order chi connectivity index (χ1) is 13.5. The molecular weight excluding hydrogens is 361 g/mol. The summed E-state index contributed by atoms with van der Waals surface area (Å²) in [6.07, 6.45) is 1.14. The zero-order valence-corrected chi connectivity index (χ0v) is 16.5. The fraction of sp³-hybridized carbons (Fsp3) is 0.409. The lowest BCUT2D eigenvalue weighted by molar-refractivity contribution is -0.140. The third kappa shape index (κ3) is 3.97. The van der Waals surface area contributed by atoms with Crippen molar-refractivity contribution in [1.29, 1.82) is 0 Å². The molecule has 28 heavy (non-hydrogen) atoms. The molecule has 5 nitrogen and oxygen atoms in total. The summed E-state index contributed by atoms with van der Waals surface area (Å²) in [4.78, 5) is 15.3. The van der Waals surface area contributed by atoms with Gasteiger partial charge in [-0.1, -0.05) is 12.1 Å². The lowest BCUT2D eigenvalue weighted by Gasteiger charge is -2.39. The molecule has 2 aromatic carbocycles. The van der Waals surface area contributed by atoms with E-state index in [-0.39, 0.29) is 11.7 Å². The highest BCUT2D eigenvalue weighted by molar-refractivity contribution is 5.88. The number of nitrogens with zero attached hydrogens (tertiary/aromatic N) is 1. The van der Waals surface area contributed by atoms with E-state index in [2.05, 4.69) is 0 Å². The van der Waals surface area contributed by atoms with Crippen molar-refractivity contribution in [2.45, 2.75) is 24.8 Å². The van der Waals surface area contributed by atoms with Gasteiger partial charge in [-0.2, -0.15) is 0 Å². The van der Waals surface area contributed by atoms with Crippen LogP contribution in [0.2, 0.25) is 0 Å². The largest absolute Gasteiger partial charge is 0.497 e. The fourth-order valence-electron chi connectivity index (χ4n) is 3.79. The maximum Gasteiger partial charge on any atom is 0.233 e. The van der Waals surface area contributed by atoms with Crippen molar-refractivity contribution in [2.75, 3.05) is 34.5 Å². The van der Waals surface area contributed by atoms with Gasteiger partial charge in [0.2, 0.25) is 5.91 Å². The van der Waals surface area contributed by atoms with Crippen molar-refractivity contribution in [2.24, 2.45) is 0 Å². The van der Waals surface area contributed by atoms with Crippen molar-refractivity contribution in [3.05, 3.63) is 59.4 Å². The summed E-state index contributed by atoms with van der Waals surface area (Å²) in [5, 5.41) is 0. The van der Waals surface area contributed by atoms with E-state index in [0.717, 1.165) is 11.1 Å². The Labute approximate surface area is 165 Å². The van der Waals surface area contributed by atoms with E-state index in [9.17, 15) is 9.18 Å². The molecule has 1 aliphatic heterocycles. The number of ether oxygens (including phenoxy) is 3. The Morgan fingerprint density at radius 3 is 2.39 bits per heavy atom. The Balaban J connectivity index is 1.88. The number of likely N-dealkylation sites (N-methyl/N-ethyl adjacent to an activating group) is 1. The number of benzene rings is 2. The van der Waals surface area contributed by atoms with E-state index < -0.39 is 5.41 Å². The van der Waals surface area contributed by atoms with Gasteiger partial charge < -0.3 is 19.1 Å². The third-order valence-corrected chi connectivity index (χ3v) is 5.40. The average Bonchev–Trinajstić information content (AvgIpc) is 2.74. The molecule has 0 aromatic heterocycles. The van der Waals surface area contributed by atoms with Gasteiger partial charge in [-0.05, 0) is 42.7 Å². The van der Waals surface area contributed by atoms with Gasteiger partial charge in [-0.25, -0.2) is 4.39 Å². The van der Waals surface area contributed by atoms with Gasteiger partial charge in [0.05, 0.1) is 19.6 Å². The molecule has 0 unspecified atom stereocenters. The lowest BCUT2D eigenvalue weighted by atomic mass is 9.73. The molecule has 0 radical (unpaired) electrons. The first kappa shape index (κ1) is 20.1. The summed E-state index contributed by atoms with van der Waals surface area (Å²) in [6, 6.07) is 11.8. The monoisotopic (exact) mass is 387 g/mol. The molecule has 1 amide bonds. The van der Waals surface area contributed by atoms with Crippen LogP contribution in [-0.4, -0.2) is 45.3 Å². The van der Waals surface area contributed by atoms with Crippen LogP contribution in [0.3, 0.4) is 0 Å². The molecule has 3 rings (SSSR count). The summed E-state index contributed by atoms with van der Waals surface area (Å²) >= 11 is 0. The molecule has 6 heteroatoms. The predicted molar refractivity (Wildman–Crippen MR) is 104 cm³/mol. The van der Waals surface area contributed by atoms with Crippen molar-refractivity contribution in [3.8, 4) is 11.5 Å². The van der Waals surface area contributed by atoms with Crippen molar-refractivity contribution in [3.63, 3.8) is 0 Å². The van der Waals surface area contributed by atoms with Crippen LogP contribution < -0.4 is 9.47 Å². The van der Waals surface area contributed by atoms with Crippen LogP contribution in [0, 0.1) is 5.82 Å². The Morgan fingerprint density at radius 1 is 1.11 bits per heavy atom. The van der Waals surface area contributed by atoms with Gasteiger partial charge in [0.1, 0.15) is 17.3 Å². The Bertz CT molecular complexity index is 816. The number of rotatable bonds is 6. The number of amides is 1. The predicted octanol–water partition coefficient (Wildman–Crippen LogP) is 3.55. The molecule has 1 aliphatic rings. The average molecular weight is 387 g/mol. The van der Waals surface area contributed by atoms with Crippen LogP contribution in [0.15, 0.2) is 42.5 Å². The Kier molecular flexibility index (Phi) is 6.19. The maximum absolute atomic E-state index is 13.5. The van der Waals surface area contributed by atoms with Crippen LogP contribution in [0.5, 0.6) is 11.5 Å². The smallest absolute Gasteiger partial charge is 0.233 e. The first-order valence-corrected chi connectivity index (χ1v) is 9.30. The standard InChI is InChI=1S/C22H26FNO4/c1-24(15-16-4-9-19(26-2)14-20(16)27-3)21(25)22(10-12-28-13-11-22)17-5-7-18(23)8-6-17/h4-9,14H,10-13,15H2,1-3H3. The van der Waals surface area contributed by atoms with Crippen LogP contribution in [0.25, 0.3) is 0 Å². The SMILES string of the molecule is COc1ccc(CN(C)C(=O)C2(c3ccc(F)cc3)CCOCC2)c(OC)c1. The quantitative estimate of drug-likeness (QED) is 0.761. The third-order valence-electron chi connectivity index (χ3n) is 5.40. The van der Waals surface area contributed by atoms with Crippen molar-refractivity contribution >= 4 is 5.91 Å². The number of carbonyl (C=O) groups excluding carboxylic acids is 1. The molecule has 1 fully saturated rings. The van der Waals surface area contributed by atoms with Gasteiger partial charge >= 0.3 is 0 Å².